The Morgan fingerprint density at radius 2 is 1.62 bits per heavy atom. The third kappa shape index (κ3) is 3.79. The lowest BCUT2D eigenvalue weighted by Crippen LogP contribution is -2.06. The lowest BCUT2D eigenvalue weighted by Gasteiger charge is -2.06. The lowest BCUT2D eigenvalue weighted by atomic mass is 10.0. The van der Waals surface area contributed by atoms with E-state index in [4.69, 9.17) is 4.74 Å². The van der Waals surface area contributed by atoms with Crippen molar-refractivity contribution < 1.29 is 19.1 Å². The maximum Gasteiger partial charge on any atom is 0.228 e. The van der Waals surface area contributed by atoms with Gasteiger partial charge < -0.3 is 14.7 Å². The molecule has 21 heavy (non-hydrogen) atoms. The fraction of sp³-hybridized carbons (Fsp3) is 0.188. The smallest absolute Gasteiger partial charge is 0.228 e. The standard InChI is InChI=1S/C16H16FNO3/c1-20-18-16(10-19)14-4-2-12(3-5-14)13-6-8-15(9-7-13)21-11-17/h2-9,19H,10-11H2,1H3. The summed E-state index contributed by atoms with van der Waals surface area (Å²) in [5, 5.41) is 13.0. The first-order valence-electron chi connectivity index (χ1n) is 6.39. The van der Waals surface area contributed by atoms with Crippen LogP contribution in [-0.2, 0) is 4.84 Å². The highest BCUT2D eigenvalue weighted by Crippen LogP contribution is 2.23. The molecule has 0 fully saturated rings. The Bertz CT molecular complexity index is 594. The van der Waals surface area contributed by atoms with Gasteiger partial charge in [-0.05, 0) is 23.3 Å². The summed E-state index contributed by atoms with van der Waals surface area (Å²) in [6.07, 6.45) is 0. The molecule has 0 amide bonds. The second-order valence-corrected chi connectivity index (χ2v) is 4.23. The van der Waals surface area contributed by atoms with Crippen LogP contribution in [0.3, 0.4) is 0 Å². The van der Waals surface area contributed by atoms with Crippen LogP contribution in [0, 0.1) is 0 Å². The molecule has 110 valence electrons. The molecule has 0 atom stereocenters. The second kappa shape index (κ2) is 7.40. The van der Waals surface area contributed by atoms with E-state index >= 15 is 0 Å². The van der Waals surface area contributed by atoms with E-state index in [2.05, 4.69) is 9.99 Å². The van der Waals surface area contributed by atoms with Crippen molar-refractivity contribution >= 4 is 5.71 Å². The first-order valence-corrected chi connectivity index (χ1v) is 6.39. The van der Waals surface area contributed by atoms with Gasteiger partial charge in [-0.3, -0.25) is 0 Å². The molecule has 0 radical (unpaired) electrons. The molecule has 1 N–H and O–H groups in total. The normalized spacial score (nSPS) is 11.3. The van der Waals surface area contributed by atoms with Gasteiger partial charge in [-0.15, -0.1) is 0 Å². The number of hydrogen-bond donors (Lipinski definition) is 1. The molecule has 0 aromatic heterocycles. The van der Waals surface area contributed by atoms with Gasteiger partial charge >= 0.3 is 0 Å². The average molecular weight is 289 g/mol. The van der Waals surface area contributed by atoms with Crippen LogP contribution in [0.4, 0.5) is 4.39 Å². The van der Waals surface area contributed by atoms with Crippen molar-refractivity contribution in [2.75, 3.05) is 20.6 Å². The van der Waals surface area contributed by atoms with Crippen LogP contribution in [0.1, 0.15) is 5.56 Å². The van der Waals surface area contributed by atoms with Crippen molar-refractivity contribution in [3.05, 3.63) is 54.1 Å². The van der Waals surface area contributed by atoms with E-state index < -0.39 is 6.86 Å². The van der Waals surface area contributed by atoms with Crippen molar-refractivity contribution in [2.45, 2.75) is 0 Å². The van der Waals surface area contributed by atoms with Crippen LogP contribution in [-0.4, -0.2) is 31.4 Å². The number of ether oxygens (including phenoxy) is 1. The minimum absolute atomic E-state index is 0.192. The number of benzene rings is 2. The van der Waals surface area contributed by atoms with Gasteiger partial charge in [-0.2, -0.15) is 0 Å². The number of rotatable bonds is 6. The van der Waals surface area contributed by atoms with E-state index in [1.165, 1.54) is 7.11 Å². The monoisotopic (exact) mass is 289 g/mol. The summed E-state index contributed by atoms with van der Waals surface area (Å²) in [4.78, 5) is 4.68. The van der Waals surface area contributed by atoms with Crippen LogP contribution in [0.15, 0.2) is 53.7 Å². The van der Waals surface area contributed by atoms with Gasteiger partial charge in [-0.25, -0.2) is 4.39 Å². The molecular weight excluding hydrogens is 273 g/mol. The number of alkyl halides is 1. The summed E-state index contributed by atoms with van der Waals surface area (Å²) in [5.41, 5.74) is 3.25. The Hall–Kier alpha value is -2.40. The van der Waals surface area contributed by atoms with E-state index in [0.29, 0.717) is 11.5 Å². The molecule has 0 aliphatic carbocycles. The molecule has 0 unspecified atom stereocenters. The van der Waals surface area contributed by atoms with E-state index in [0.717, 1.165) is 16.7 Å². The largest absolute Gasteiger partial charge is 0.463 e. The van der Waals surface area contributed by atoms with Crippen molar-refractivity contribution in [1.29, 1.82) is 0 Å². The highest BCUT2D eigenvalue weighted by Gasteiger charge is 2.04. The molecule has 2 aromatic rings. The van der Waals surface area contributed by atoms with Crippen molar-refractivity contribution in [3.63, 3.8) is 0 Å². The minimum atomic E-state index is -0.836. The van der Waals surface area contributed by atoms with Gasteiger partial charge in [0.15, 0.2) is 0 Å². The van der Waals surface area contributed by atoms with Crippen molar-refractivity contribution in [1.82, 2.24) is 0 Å². The molecule has 5 heteroatoms. The Morgan fingerprint density at radius 1 is 1.05 bits per heavy atom. The zero-order valence-corrected chi connectivity index (χ0v) is 11.6. The molecule has 4 nitrogen and oxygen atoms in total. The second-order valence-electron chi connectivity index (χ2n) is 4.23. The van der Waals surface area contributed by atoms with Crippen LogP contribution in [0.5, 0.6) is 5.75 Å². The maximum absolute atomic E-state index is 12.1. The van der Waals surface area contributed by atoms with E-state index in [-0.39, 0.29) is 6.61 Å². The zero-order valence-electron chi connectivity index (χ0n) is 11.6. The summed E-state index contributed by atoms with van der Waals surface area (Å²) in [7, 11) is 1.44. The molecular formula is C16H16FNO3. The number of hydrogen-bond acceptors (Lipinski definition) is 4. The predicted molar refractivity (Wildman–Crippen MR) is 79.1 cm³/mol. The Labute approximate surface area is 122 Å². The van der Waals surface area contributed by atoms with Gasteiger partial charge in [0.05, 0.1) is 6.61 Å². The molecule has 0 aliphatic rings. The van der Waals surface area contributed by atoms with Crippen LogP contribution in [0.2, 0.25) is 0 Å². The molecule has 0 saturated heterocycles. The first kappa shape index (κ1) is 15.0. The molecule has 2 aromatic carbocycles. The van der Waals surface area contributed by atoms with Crippen molar-refractivity contribution in [2.24, 2.45) is 5.16 Å². The Kier molecular flexibility index (Phi) is 5.29. The van der Waals surface area contributed by atoms with Crippen molar-refractivity contribution in [3.8, 4) is 16.9 Å². The fourth-order valence-electron chi connectivity index (χ4n) is 1.94. The molecule has 0 spiro atoms. The highest BCUT2D eigenvalue weighted by molar-refractivity contribution is 6.01. The van der Waals surface area contributed by atoms with E-state index in [1.807, 2.05) is 36.4 Å². The lowest BCUT2D eigenvalue weighted by molar-refractivity contribution is 0.192. The molecule has 0 aliphatic heterocycles. The summed E-state index contributed by atoms with van der Waals surface area (Å²) in [6.45, 7) is -1.03. The Morgan fingerprint density at radius 3 is 2.10 bits per heavy atom. The number of aliphatic hydroxyl groups excluding tert-OH is 1. The third-order valence-corrected chi connectivity index (χ3v) is 2.98. The zero-order chi connectivity index (χ0) is 15.1. The molecule has 0 bridgehead atoms. The molecule has 0 saturated carbocycles. The average Bonchev–Trinajstić information content (AvgIpc) is 2.54. The van der Waals surface area contributed by atoms with Crippen LogP contribution < -0.4 is 4.74 Å². The fourth-order valence-corrected chi connectivity index (χ4v) is 1.94. The first-order chi connectivity index (χ1) is 10.3. The summed E-state index contributed by atoms with van der Waals surface area (Å²) >= 11 is 0. The third-order valence-electron chi connectivity index (χ3n) is 2.98. The Balaban J connectivity index is 2.20. The van der Waals surface area contributed by atoms with Gasteiger partial charge in [0.1, 0.15) is 18.6 Å². The van der Waals surface area contributed by atoms with Crippen LogP contribution >= 0.6 is 0 Å². The van der Waals surface area contributed by atoms with Gasteiger partial charge in [0, 0.05) is 5.56 Å². The van der Waals surface area contributed by atoms with E-state index in [1.54, 1.807) is 12.1 Å². The quantitative estimate of drug-likeness (QED) is 0.657. The van der Waals surface area contributed by atoms with Gasteiger partial charge in [0.2, 0.25) is 6.86 Å². The van der Waals surface area contributed by atoms with Crippen LogP contribution in [0.25, 0.3) is 11.1 Å². The summed E-state index contributed by atoms with van der Waals surface area (Å²) < 4.78 is 16.8. The number of oxime groups is 1. The molecule has 0 heterocycles. The van der Waals surface area contributed by atoms with E-state index in [9.17, 15) is 9.50 Å². The highest BCUT2D eigenvalue weighted by atomic mass is 19.1. The number of aliphatic hydroxyl groups is 1. The minimum Gasteiger partial charge on any atom is -0.463 e. The van der Waals surface area contributed by atoms with Gasteiger partial charge in [0.25, 0.3) is 0 Å². The number of nitrogens with zero attached hydrogens (tertiary/aromatic N) is 1. The number of halogens is 1. The molecule has 2 rings (SSSR count). The maximum atomic E-state index is 12.1. The summed E-state index contributed by atoms with van der Waals surface area (Å²) in [5.74, 6) is 0.493. The van der Waals surface area contributed by atoms with Gasteiger partial charge in [-0.1, -0.05) is 41.6 Å². The topological polar surface area (TPSA) is 51.0 Å². The SMILES string of the molecule is CON=C(CO)c1ccc(-c2ccc(OCF)cc2)cc1. The predicted octanol–water partition coefficient (Wildman–Crippen LogP) is 3.00. The summed E-state index contributed by atoms with van der Waals surface area (Å²) in [6, 6.07) is 14.7.